The summed E-state index contributed by atoms with van der Waals surface area (Å²) >= 11 is 1.80. The van der Waals surface area contributed by atoms with Gasteiger partial charge < -0.3 is 0 Å². The summed E-state index contributed by atoms with van der Waals surface area (Å²) in [6.45, 7) is 4.55. The molecule has 0 aromatic carbocycles. The molecule has 0 atom stereocenters. The van der Waals surface area contributed by atoms with Crippen molar-refractivity contribution in [2.45, 2.75) is 114 Å². The number of nitrogens with zero attached hydrogens (tertiary/aromatic N) is 2. The van der Waals surface area contributed by atoms with Crippen LogP contribution >= 0.6 is 32.9 Å². The fourth-order valence-corrected chi connectivity index (χ4v) is 6.18. The zero-order chi connectivity index (χ0) is 18.0. The minimum atomic E-state index is 1.12. The summed E-state index contributed by atoms with van der Waals surface area (Å²) in [5.41, 5.74) is 0. The predicted octanol–water partition coefficient (Wildman–Crippen LogP) is 8.32. The van der Waals surface area contributed by atoms with Crippen LogP contribution in [0, 0.1) is 0 Å². The molecule has 0 bridgehead atoms. The van der Waals surface area contributed by atoms with Crippen LogP contribution in [0.15, 0.2) is 4.34 Å². The van der Waals surface area contributed by atoms with Crippen LogP contribution < -0.4 is 0 Å². The average molecular weight is 403 g/mol. The molecule has 0 saturated carbocycles. The molecule has 0 aliphatic carbocycles. The molecule has 1 aromatic rings. The van der Waals surface area contributed by atoms with E-state index in [0.29, 0.717) is 0 Å². The van der Waals surface area contributed by atoms with Crippen LogP contribution in [0.25, 0.3) is 0 Å². The van der Waals surface area contributed by atoms with Gasteiger partial charge in [-0.05, 0) is 23.6 Å². The lowest BCUT2D eigenvalue weighted by atomic mass is 10.1. The van der Waals surface area contributed by atoms with E-state index in [4.69, 9.17) is 0 Å². The number of hydrogen-bond acceptors (Lipinski definition) is 5. The van der Waals surface area contributed by atoms with E-state index in [1.54, 1.807) is 11.3 Å². The van der Waals surface area contributed by atoms with Gasteiger partial charge in [-0.2, -0.15) is 0 Å². The Balaban J connectivity index is 1.93. The fourth-order valence-electron chi connectivity index (χ4n) is 2.82. The Morgan fingerprint density at radius 2 is 1.24 bits per heavy atom. The molecule has 1 rings (SSSR count). The third-order valence-electron chi connectivity index (χ3n) is 4.40. The molecule has 0 spiro atoms. The first-order valence-electron chi connectivity index (χ1n) is 10.5. The van der Waals surface area contributed by atoms with Gasteiger partial charge in [-0.15, -0.1) is 10.2 Å². The van der Waals surface area contributed by atoms with Crippen molar-refractivity contribution < 1.29 is 0 Å². The highest BCUT2D eigenvalue weighted by Crippen LogP contribution is 2.34. The van der Waals surface area contributed by atoms with Crippen LogP contribution in [0.5, 0.6) is 0 Å². The minimum absolute atomic E-state index is 1.12. The van der Waals surface area contributed by atoms with Crippen LogP contribution in [0.4, 0.5) is 0 Å². The fraction of sp³-hybridized carbons (Fsp3) is 0.900. The molecule has 0 radical (unpaired) electrons. The molecule has 5 heteroatoms. The second kappa shape index (κ2) is 17.7. The molecule has 1 aromatic heterocycles. The molecule has 0 fully saturated rings. The van der Waals surface area contributed by atoms with E-state index in [2.05, 4.69) is 24.0 Å². The summed E-state index contributed by atoms with van der Waals surface area (Å²) in [6.07, 6.45) is 20.4. The van der Waals surface area contributed by atoms with Crippen molar-refractivity contribution in [2.75, 3.05) is 5.75 Å². The van der Waals surface area contributed by atoms with Crippen molar-refractivity contribution in [3.05, 3.63) is 5.01 Å². The molecule has 25 heavy (non-hydrogen) atoms. The second-order valence-electron chi connectivity index (χ2n) is 6.86. The van der Waals surface area contributed by atoms with Crippen molar-refractivity contribution in [3.8, 4) is 0 Å². The standard InChI is InChI=1S/C20H38N2S3/c1-3-5-7-9-11-13-15-17-19-21-22-20(24-19)25-23-18-16-14-12-10-8-6-4-2/h3-18H2,1-2H3. The van der Waals surface area contributed by atoms with Crippen molar-refractivity contribution >= 4 is 32.9 Å². The number of aromatic nitrogens is 2. The van der Waals surface area contributed by atoms with Gasteiger partial charge in [-0.25, -0.2) is 0 Å². The molecule has 0 saturated heterocycles. The predicted molar refractivity (Wildman–Crippen MR) is 118 cm³/mol. The first-order chi connectivity index (χ1) is 12.4. The Labute approximate surface area is 168 Å². The van der Waals surface area contributed by atoms with Gasteiger partial charge in [0.1, 0.15) is 5.01 Å². The molecular formula is C20H38N2S3. The summed E-state index contributed by atoms with van der Waals surface area (Å²) in [6, 6.07) is 0. The van der Waals surface area contributed by atoms with Crippen LogP contribution in [-0.4, -0.2) is 16.0 Å². The van der Waals surface area contributed by atoms with Gasteiger partial charge in [-0.3, -0.25) is 0 Å². The third-order valence-corrected chi connectivity index (χ3v) is 8.12. The largest absolute Gasteiger partial charge is 0.184 e. The van der Waals surface area contributed by atoms with Gasteiger partial charge in [0.05, 0.1) is 0 Å². The van der Waals surface area contributed by atoms with Gasteiger partial charge in [0.2, 0.25) is 0 Å². The highest BCUT2D eigenvalue weighted by molar-refractivity contribution is 8.77. The third kappa shape index (κ3) is 14.0. The van der Waals surface area contributed by atoms with E-state index < -0.39 is 0 Å². The Morgan fingerprint density at radius 3 is 1.88 bits per heavy atom. The number of rotatable bonds is 18. The minimum Gasteiger partial charge on any atom is -0.143 e. The van der Waals surface area contributed by atoms with E-state index in [1.807, 2.05) is 21.6 Å². The van der Waals surface area contributed by atoms with Crippen molar-refractivity contribution in [3.63, 3.8) is 0 Å². The van der Waals surface area contributed by atoms with E-state index >= 15 is 0 Å². The summed E-state index contributed by atoms with van der Waals surface area (Å²) in [5, 5.41) is 9.92. The lowest BCUT2D eigenvalue weighted by Crippen LogP contribution is -1.85. The first-order valence-corrected chi connectivity index (χ1v) is 13.6. The Hall–Kier alpha value is 0.260. The topological polar surface area (TPSA) is 25.8 Å². The van der Waals surface area contributed by atoms with Gasteiger partial charge in [0.15, 0.2) is 4.34 Å². The molecule has 2 nitrogen and oxygen atoms in total. The average Bonchev–Trinajstić information content (AvgIpc) is 3.07. The van der Waals surface area contributed by atoms with Crippen molar-refractivity contribution in [1.82, 2.24) is 10.2 Å². The number of aryl methyl sites for hydroxylation is 1. The summed E-state index contributed by atoms with van der Waals surface area (Å²) in [4.78, 5) is 0. The van der Waals surface area contributed by atoms with Crippen LogP contribution in [0.1, 0.15) is 109 Å². The van der Waals surface area contributed by atoms with Crippen LogP contribution in [0.2, 0.25) is 0 Å². The maximum absolute atomic E-state index is 4.35. The Morgan fingerprint density at radius 1 is 0.680 bits per heavy atom. The van der Waals surface area contributed by atoms with Crippen LogP contribution in [0.3, 0.4) is 0 Å². The Bertz CT molecular complexity index is 396. The number of unbranched alkanes of at least 4 members (excludes halogenated alkanes) is 12. The quantitative estimate of drug-likeness (QED) is 0.182. The first kappa shape index (κ1) is 23.3. The van der Waals surface area contributed by atoms with E-state index in [0.717, 1.165) is 10.8 Å². The van der Waals surface area contributed by atoms with E-state index in [1.165, 1.54) is 101 Å². The maximum Gasteiger partial charge on any atom is 0.184 e. The van der Waals surface area contributed by atoms with Gasteiger partial charge >= 0.3 is 0 Å². The van der Waals surface area contributed by atoms with E-state index in [-0.39, 0.29) is 0 Å². The maximum atomic E-state index is 4.35. The second-order valence-corrected chi connectivity index (χ2v) is 10.6. The lowest BCUT2D eigenvalue weighted by Gasteiger charge is -2.00. The molecule has 146 valence electrons. The molecule has 0 unspecified atom stereocenters. The lowest BCUT2D eigenvalue weighted by molar-refractivity contribution is 0.588. The SMILES string of the molecule is CCCCCCCCCSSc1nnc(CCCCCCCCC)s1. The molecule has 0 amide bonds. The molecule has 0 aliphatic heterocycles. The highest BCUT2D eigenvalue weighted by atomic mass is 33.1. The molecule has 1 heterocycles. The van der Waals surface area contributed by atoms with Crippen LogP contribution in [-0.2, 0) is 6.42 Å². The monoisotopic (exact) mass is 402 g/mol. The van der Waals surface area contributed by atoms with Crippen molar-refractivity contribution in [1.29, 1.82) is 0 Å². The molecule has 0 aliphatic rings. The normalized spacial score (nSPS) is 11.3. The van der Waals surface area contributed by atoms with Crippen molar-refractivity contribution in [2.24, 2.45) is 0 Å². The van der Waals surface area contributed by atoms with Gasteiger partial charge in [0.25, 0.3) is 0 Å². The summed E-state index contributed by atoms with van der Waals surface area (Å²) in [7, 11) is 3.78. The molecular weight excluding hydrogens is 364 g/mol. The van der Waals surface area contributed by atoms with Gasteiger partial charge in [0, 0.05) is 12.2 Å². The highest BCUT2D eigenvalue weighted by Gasteiger charge is 2.05. The zero-order valence-corrected chi connectivity index (χ0v) is 18.9. The Kier molecular flexibility index (Phi) is 16.5. The molecule has 0 N–H and O–H groups in total. The van der Waals surface area contributed by atoms with Gasteiger partial charge in [-0.1, -0.05) is 113 Å². The summed E-state index contributed by atoms with van der Waals surface area (Å²) < 4.78 is 1.14. The zero-order valence-electron chi connectivity index (χ0n) is 16.4. The summed E-state index contributed by atoms with van der Waals surface area (Å²) in [5.74, 6) is 1.24. The van der Waals surface area contributed by atoms with E-state index in [9.17, 15) is 0 Å². The number of hydrogen-bond donors (Lipinski definition) is 0. The smallest absolute Gasteiger partial charge is 0.143 e.